The number of carbonyl (C=O) groups excluding carboxylic acids is 2. The zero-order valence-electron chi connectivity index (χ0n) is 15.0. The number of carbonyl (C=O) groups is 2. The number of hydrogen-bond donors (Lipinski definition) is 1. The summed E-state index contributed by atoms with van der Waals surface area (Å²) in [6.45, 7) is 7.51. The molecule has 3 rings (SSSR count). The van der Waals surface area contributed by atoms with Crippen molar-refractivity contribution >= 4 is 11.9 Å². The average molecular weight is 345 g/mol. The van der Waals surface area contributed by atoms with E-state index >= 15 is 0 Å². The number of piperazine rings is 1. The molecular formula is C19H27N3O3. The topological polar surface area (TPSA) is 61.9 Å². The number of urea groups is 1. The Balaban J connectivity index is 1.32. The van der Waals surface area contributed by atoms with Gasteiger partial charge in [0.2, 0.25) is 5.91 Å². The highest BCUT2D eigenvalue weighted by Crippen LogP contribution is 2.39. The predicted molar refractivity (Wildman–Crippen MR) is 95.5 cm³/mol. The Morgan fingerprint density at radius 2 is 1.72 bits per heavy atom. The second-order valence-electron chi connectivity index (χ2n) is 7.03. The first-order valence-corrected chi connectivity index (χ1v) is 9.05. The van der Waals surface area contributed by atoms with Crippen LogP contribution < -0.4 is 10.1 Å². The van der Waals surface area contributed by atoms with Crippen LogP contribution >= 0.6 is 0 Å². The first-order chi connectivity index (χ1) is 12.0. The summed E-state index contributed by atoms with van der Waals surface area (Å²) < 4.78 is 5.60. The number of amides is 3. The average Bonchev–Trinajstić information content (AvgIpc) is 3.36. The lowest BCUT2D eigenvalue weighted by atomic mass is 10.2. The van der Waals surface area contributed by atoms with Crippen molar-refractivity contribution in [1.29, 1.82) is 0 Å². The Kier molecular flexibility index (Phi) is 5.46. The minimum Gasteiger partial charge on any atom is -0.492 e. The van der Waals surface area contributed by atoms with Crippen LogP contribution in [-0.4, -0.2) is 61.1 Å². The Labute approximate surface area is 149 Å². The van der Waals surface area contributed by atoms with Crippen molar-refractivity contribution in [3.8, 4) is 5.75 Å². The van der Waals surface area contributed by atoms with Crippen LogP contribution in [0.4, 0.5) is 4.79 Å². The molecule has 0 spiro atoms. The minimum atomic E-state index is -0.0839. The number of nitrogens with zero attached hydrogens (tertiary/aromatic N) is 2. The van der Waals surface area contributed by atoms with Crippen molar-refractivity contribution in [3.63, 3.8) is 0 Å². The summed E-state index contributed by atoms with van der Waals surface area (Å²) in [6, 6.07) is 7.76. The molecule has 0 aromatic heterocycles. The van der Waals surface area contributed by atoms with Crippen LogP contribution in [0, 0.1) is 18.8 Å². The molecule has 1 aromatic rings. The number of ether oxygens (including phenoxy) is 1. The van der Waals surface area contributed by atoms with Gasteiger partial charge in [0.15, 0.2) is 0 Å². The number of nitrogens with one attached hydrogen (secondary N) is 1. The van der Waals surface area contributed by atoms with Gasteiger partial charge in [-0.05, 0) is 31.4 Å². The molecule has 1 saturated heterocycles. The SMILES string of the molecule is Cc1ccc(OCCNC(=O)N2CCN(C(=O)[C@@H]3C[C@H]3C)CC2)cc1. The Morgan fingerprint density at radius 3 is 2.32 bits per heavy atom. The fraction of sp³-hybridized carbons (Fsp3) is 0.579. The van der Waals surface area contributed by atoms with Gasteiger partial charge < -0.3 is 19.9 Å². The smallest absolute Gasteiger partial charge is 0.317 e. The maximum atomic E-state index is 12.2. The molecule has 2 fully saturated rings. The Hall–Kier alpha value is -2.24. The van der Waals surface area contributed by atoms with E-state index in [9.17, 15) is 9.59 Å². The van der Waals surface area contributed by atoms with E-state index in [-0.39, 0.29) is 17.9 Å². The normalized spacial score (nSPS) is 22.5. The number of aryl methyl sites for hydroxylation is 1. The van der Waals surface area contributed by atoms with Crippen LogP contribution in [0.3, 0.4) is 0 Å². The van der Waals surface area contributed by atoms with Crippen molar-refractivity contribution in [3.05, 3.63) is 29.8 Å². The molecule has 136 valence electrons. The largest absolute Gasteiger partial charge is 0.492 e. The maximum absolute atomic E-state index is 12.2. The van der Waals surface area contributed by atoms with E-state index in [4.69, 9.17) is 4.74 Å². The van der Waals surface area contributed by atoms with E-state index in [0.717, 1.165) is 12.2 Å². The highest BCUT2D eigenvalue weighted by Gasteiger charge is 2.42. The molecule has 6 heteroatoms. The van der Waals surface area contributed by atoms with Crippen LogP contribution in [0.1, 0.15) is 18.9 Å². The van der Waals surface area contributed by atoms with E-state index in [1.165, 1.54) is 5.56 Å². The van der Waals surface area contributed by atoms with Gasteiger partial charge in [0.25, 0.3) is 0 Å². The number of benzene rings is 1. The molecule has 1 saturated carbocycles. The molecule has 1 aromatic carbocycles. The third-order valence-electron chi connectivity index (χ3n) is 4.97. The molecule has 0 bridgehead atoms. The summed E-state index contributed by atoms with van der Waals surface area (Å²) in [5, 5.41) is 2.88. The first kappa shape index (κ1) is 17.6. The second kappa shape index (κ2) is 7.76. The van der Waals surface area contributed by atoms with Crippen LogP contribution in [0.15, 0.2) is 24.3 Å². The molecule has 1 heterocycles. The quantitative estimate of drug-likeness (QED) is 0.829. The number of rotatable bonds is 5. The van der Waals surface area contributed by atoms with Gasteiger partial charge in [0.05, 0.1) is 6.54 Å². The maximum Gasteiger partial charge on any atom is 0.317 e. The lowest BCUT2D eigenvalue weighted by molar-refractivity contribution is -0.134. The zero-order chi connectivity index (χ0) is 17.8. The van der Waals surface area contributed by atoms with Gasteiger partial charge in [0, 0.05) is 32.1 Å². The standard InChI is InChI=1S/C19H27N3O3/c1-14-3-5-16(6-4-14)25-12-7-20-19(24)22-10-8-21(9-11-22)18(23)17-13-15(17)2/h3-6,15,17H,7-13H2,1-2H3,(H,20,24)/t15-,17-/m1/s1. The fourth-order valence-electron chi connectivity index (χ4n) is 3.10. The molecule has 3 amide bonds. The van der Waals surface area contributed by atoms with E-state index < -0.39 is 0 Å². The summed E-state index contributed by atoms with van der Waals surface area (Å²) in [5.74, 6) is 1.82. The fourth-order valence-corrected chi connectivity index (χ4v) is 3.10. The van der Waals surface area contributed by atoms with E-state index in [1.54, 1.807) is 4.90 Å². The summed E-state index contributed by atoms with van der Waals surface area (Å²) >= 11 is 0. The number of hydrogen-bond acceptors (Lipinski definition) is 3. The molecule has 0 unspecified atom stereocenters. The third-order valence-corrected chi connectivity index (χ3v) is 4.97. The van der Waals surface area contributed by atoms with Gasteiger partial charge >= 0.3 is 6.03 Å². The minimum absolute atomic E-state index is 0.0839. The van der Waals surface area contributed by atoms with Crippen LogP contribution in [0.25, 0.3) is 0 Å². The second-order valence-corrected chi connectivity index (χ2v) is 7.03. The van der Waals surface area contributed by atoms with Gasteiger partial charge in [-0.2, -0.15) is 0 Å². The molecule has 0 radical (unpaired) electrons. The van der Waals surface area contributed by atoms with Gasteiger partial charge in [-0.1, -0.05) is 24.6 Å². The predicted octanol–water partition coefficient (Wildman–Crippen LogP) is 1.88. The van der Waals surface area contributed by atoms with Crippen LogP contribution in [0.2, 0.25) is 0 Å². The van der Waals surface area contributed by atoms with Crippen LogP contribution in [-0.2, 0) is 4.79 Å². The van der Waals surface area contributed by atoms with Crippen LogP contribution in [0.5, 0.6) is 5.75 Å². The van der Waals surface area contributed by atoms with E-state index in [2.05, 4.69) is 12.2 Å². The summed E-state index contributed by atoms with van der Waals surface area (Å²) in [4.78, 5) is 28.1. The van der Waals surface area contributed by atoms with Gasteiger partial charge in [-0.25, -0.2) is 4.79 Å². The van der Waals surface area contributed by atoms with Crippen molar-refractivity contribution in [2.24, 2.45) is 11.8 Å². The molecule has 2 atom stereocenters. The Bertz CT molecular complexity index is 609. The van der Waals surface area contributed by atoms with Gasteiger partial charge in [-0.3, -0.25) is 4.79 Å². The molecule has 1 N–H and O–H groups in total. The molecule has 1 aliphatic carbocycles. The monoisotopic (exact) mass is 345 g/mol. The Morgan fingerprint density at radius 1 is 1.12 bits per heavy atom. The summed E-state index contributed by atoms with van der Waals surface area (Å²) in [7, 11) is 0. The molecular weight excluding hydrogens is 318 g/mol. The lowest BCUT2D eigenvalue weighted by Gasteiger charge is -2.35. The zero-order valence-corrected chi connectivity index (χ0v) is 15.0. The van der Waals surface area contributed by atoms with Gasteiger partial charge in [0.1, 0.15) is 12.4 Å². The van der Waals surface area contributed by atoms with Crippen molar-refractivity contribution in [2.75, 3.05) is 39.3 Å². The van der Waals surface area contributed by atoms with Gasteiger partial charge in [-0.15, -0.1) is 0 Å². The van der Waals surface area contributed by atoms with E-state index in [1.807, 2.05) is 36.1 Å². The van der Waals surface area contributed by atoms with E-state index in [0.29, 0.717) is 45.2 Å². The molecule has 25 heavy (non-hydrogen) atoms. The summed E-state index contributed by atoms with van der Waals surface area (Å²) in [5.41, 5.74) is 1.19. The lowest BCUT2D eigenvalue weighted by Crippen LogP contribution is -2.53. The van der Waals surface area contributed by atoms with Crippen molar-refractivity contribution < 1.29 is 14.3 Å². The highest BCUT2D eigenvalue weighted by molar-refractivity contribution is 5.82. The molecule has 1 aliphatic heterocycles. The first-order valence-electron chi connectivity index (χ1n) is 9.05. The third kappa shape index (κ3) is 4.65. The highest BCUT2D eigenvalue weighted by atomic mass is 16.5. The van der Waals surface area contributed by atoms with Crippen molar-refractivity contribution in [2.45, 2.75) is 20.3 Å². The summed E-state index contributed by atoms with van der Waals surface area (Å²) in [6.07, 6.45) is 1.01. The molecule has 2 aliphatic rings. The van der Waals surface area contributed by atoms with Crippen molar-refractivity contribution in [1.82, 2.24) is 15.1 Å². The molecule has 6 nitrogen and oxygen atoms in total.